The average molecular weight is 391 g/mol. The number of anilines is 1. The minimum Gasteiger partial charge on any atom is -0.389 e. The molecule has 0 saturated heterocycles. The number of thiocarbonyl (C=S) groups is 1. The molecule has 2 rings (SSSR count). The largest absolute Gasteiger partial charge is 0.389 e. The molecular weight excluding hydrogens is 380 g/mol. The van der Waals surface area contributed by atoms with Crippen molar-refractivity contribution in [2.45, 2.75) is 11.1 Å². The Labute approximate surface area is 135 Å². The van der Waals surface area contributed by atoms with Crippen LogP contribution in [0.1, 0.15) is 10.4 Å². The van der Waals surface area contributed by atoms with Crippen molar-refractivity contribution in [2.75, 3.05) is 4.72 Å². The number of hydrogen-bond donors (Lipinski definition) is 2. The third-order valence-electron chi connectivity index (χ3n) is 2.53. The molecule has 0 amide bonds. The van der Waals surface area contributed by atoms with Gasteiger partial charge in [0.2, 0.25) is 0 Å². The molecule has 0 bridgehead atoms. The third-order valence-corrected chi connectivity index (χ3v) is 6.35. The lowest BCUT2D eigenvalue weighted by molar-refractivity contribution is 0.603. The van der Waals surface area contributed by atoms with E-state index in [4.69, 9.17) is 18.0 Å². The minimum atomic E-state index is -3.63. The molecule has 0 spiro atoms. The molecule has 0 atom stereocenters. The number of hydrogen-bond acceptors (Lipinski definition) is 4. The highest BCUT2D eigenvalue weighted by molar-refractivity contribution is 9.10. The number of benzene rings is 1. The number of aryl methyl sites for hydroxylation is 1. The quantitative estimate of drug-likeness (QED) is 0.785. The van der Waals surface area contributed by atoms with Gasteiger partial charge in [0.15, 0.2) is 0 Å². The Balaban J connectivity index is 2.35. The first-order valence-electron chi connectivity index (χ1n) is 5.48. The predicted molar refractivity (Wildman–Crippen MR) is 89.9 cm³/mol. The van der Waals surface area contributed by atoms with E-state index in [0.717, 1.165) is 21.4 Å². The number of nitrogens with one attached hydrogen (secondary N) is 1. The highest BCUT2D eigenvalue weighted by Gasteiger charge is 2.18. The Kier molecular flexibility index (Phi) is 4.48. The third kappa shape index (κ3) is 3.38. The van der Waals surface area contributed by atoms with Crippen LogP contribution in [-0.4, -0.2) is 13.4 Å². The van der Waals surface area contributed by atoms with Gasteiger partial charge in [-0.25, -0.2) is 8.42 Å². The highest BCUT2D eigenvalue weighted by Crippen LogP contribution is 2.27. The van der Waals surface area contributed by atoms with Crippen molar-refractivity contribution in [2.24, 2.45) is 5.73 Å². The van der Waals surface area contributed by atoms with Crippen LogP contribution in [0.4, 0.5) is 5.69 Å². The van der Waals surface area contributed by atoms with Crippen LogP contribution in [0.25, 0.3) is 0 Å². The number of rotatable bonds is 4. The number of thiophene rings is 1. The molecule has 4 nitrogen and oxygen atoms in total. The van der Waals surface area contributed by atoms with E-state index in [2.05, 4.69) is 20.7 Å². The summed E-state index contributed by atoms with van der Waals surface area (Å²) in [5.74, 6) is 0. The number of nitrogens with two attached hydrogens (primary N) is 1. The van der Waals surface area contributed by atoms with Crippen molar-refractivity contribution in [3.05, 3.63) is 45.2 Å². The zero-order valence-corrected chi connectivity index (χ0v) is 14.4. The molecule has 1 aromatic heterocycles. The van der Waals surface area contributed by atoms with Crippen LogP contribution in [0, 0.1) is 6.92 Å². The van der Waals surface area contributed by atoms with Crippen molar-refractivity contribution in [3.8, 4) is 0 Å². The lowest BCUT2D eigenvalue weighted by Crippen LogP contribution is -2.12. The molecule has 1 aromatic carbocycles. The van der Waals surface area contributed by atoms with Gasteiger partial charge in [-0.1, -0.05) is 34.2 Å². The Morgan fingerprint density at radius 3 is 2.65 bits per heavy atom. The van der Waals surface area contributed by atoms with E-state index in [0.29, 0.717) is 10.6 Å². The van der Waals surface area contributed by atoms with E-state index in [-0.39, 0.29) is 9.20 Å². The summed E-state index contributed by atoms with van der Waals surface area (Å²) in [5, 5.41) is 0. The lowest BCUT2D eigenvalue weighted by Gasteiger charge is -2.09. The predicted octanol–water partition coefficient (Wildman–Crippen LogP) is 3.25. The average Bonchev–Trinajstić information content (AvgIpc) is 2.84. The van der Waals surface area contributed by atoms with Crippen LogP contribution in [0.3, 0.4) is 0 Å². The molecule has 0 fully saturated rings. The first-order chi connectivity index (χ1) is 9.29. The van der Waals surface area contributed by atoms with Crippen LogP contribution in [0.2, 0.25) is 0 Å². The van der Waals surface area contributed by atoms with Crippen molar-refractivity contribution in [1.29, 1.82) is 0 Å². The van der Waals surface area contributed by atoms with Crippen LogP contribution in [0.5, 0.6) is 0 Å². The summed E-state index contributed by atoms with van der Waals surface area (Å²) < 4.78 is 28.1. The molecule has 8 heteroatoms. The Morgan fingerprint density at radius 2 is 2.05 bits per heavy atom. The second-order valence-electron chi connectivity index (χ2n) is 4.05. The summed E-state index contributed by atoms with van der Waals surface area (Å²) >= 11 is 9.20. The van der Waals surface area contributed by atoms with E-state index >= 15 is 0 Å². The van der Waals surface area contributed by atoms with Crippen molar-refractivity contribution >= 4 is 60.2 Å². The molecule has 3 N–H and O–H groups in total. The van der Waals surface area contributed by atoms with Gasteiger partial charge in [0, 0.05) is 4.47 Å². The van der Waals surface area contributed by atoms with Gasteiger partial charge in [0.1, 0.15) is 9.20 Å². The summed E-state index contributed by atoms with van der Waals surface area (Å²) in [6.07, 6.45) is 0. The molecule has 0 aliphatic heterocycles. The highest BCUT2D eigenvalue weighted by atomic mass is 79.9. The van der Waals surface area contributed by atoms with Gasteiger partial charge < -0.3 is 5.73 Å². The number of halogens is 1. The molecule has 0 saturated carbocycles. The van der Waals surface area contributed by atoms with Gasteiger partial charge in [0.25, 0.3) is 10.0 Å². The molecule has 0 aliphatic rings. The smallest absolute Gasteiger partial charge is 0.271 e. The maximum Gasteiger partial charge on any atom is 0.271 e. The summed E-state index contributed by atoms with van der Waals surface area (Å²) in [6.45, 7) is 1.83. The van der Waals surface area contributed by atoms with Crippen molar-refractivity contribution in [3.63, 3.8) is 0 Å². The van der Waals surface area contributed by atoms with E-state index in [1.807, 2.05) is 19.1 Å². The van der Waals surface area contributed by atoms with Gasteiger partial charge in [-0.3, -0.25) is 4.72 Å². The second kappa shape index (κ2) is 5.80. The second-order valence-corrected chi connectivity index (χ2v) is 8.40. The van der Waals surface area contributed by atoms with Gasteiger partial charge in [-0.15, -0.1) is 11.3 Å². The molecule has 106 valence electrons. The fraction of sp³-hybridized carbons (Fsp3) is 0.0833. The monoisotopic (exact) mass is 390 g/mol. The summed E-state index contributed by atoms with van der Waals surface area (Å²) in [6, 6.07) is 8.50. The molecule has 0 radical (unpaired) electrons. The zero-order valence-electron chi connectivity index (χ0n) is 10.4. The fourth-order valence-electron chi connectivity index (χ4n) is 1.50. The summed E-state index contributed by atoms with van der Waals surface area (Å²) in [7, 11) is -3.63. The molecule has 2 aromatic rings. The molecule has 0 aliphatic carbocycles. The van der Waals surface area contributed by atoms with Gasteiger partial charge >= 0.3 is 0 Å². The Hall–Kier alpha value is -0.960. The lowest BCUT2D eigenvalue weighted by atomic mass is 10.2. The summed E-state index contributed by atoms with van der Waals surface area (Å²) in [4.78, 5) is 0.765. The zero-order chi connectivity index (χ0) is 14.9. The van der Waals surface area contributed by atoms with Gasteiger partial charge in [0.05, 0.1) is 10.6 Å². The minimum absolute atomic E-state index is 0.180. The van der Waals surface area contributed by atoms with E-state index in [9.17, 15) is 8.42 Å². The number of sulfonamides is 1. The standard InChI is InChI=1S/C12H11BrN2O2S3/c1-7-2-3-8(13)6-9(7)15-20(16,17)11-5-4-10(19-11)12(14)18/h2-6,15H,1H3,(H2,14,18). The Morgan fingerprint density at radius 1 is 1.35 bits per heavy atom. The van der Waals surface area contributed by atoms with Crippen LogP contribution in [-0.2, 0) is 10.0 Å². The van der Waals surface area contributed by atoms with Crippen LogP contribution >= 0.6 is 39.5 Å². The molecular formula is C12H11BrN2O2S3. The maximum atomic E-state index is 12.3. The van der Waals surface area contributed by atoms with E-state index in [1.54, 1.807) is 12.1 Å². The van der Waals surface area contributed by atoms with E-state index < -0.39 is 10.0 Å². The Bertz CT molecular complexity index is 769. The summed E-state index contributed by atoms with van der Waals surface area (Å²) in [5.41, 5.74) is 6.86. The first-order valence-corrected chi connectivity index (χ1v) is 8.98. The van der Waals surface area contributed by atoms with Crippen LogP contribution in [0.15, 0.2) is 39.0 Å². The van der Waals surface area contributed by atoms with Gasteiger partial charge in [-0.05, 0) is 36.8 Å². The van der Waals surface area contributed by atoms with Crippen molar-refractivity contribution in [1.82, 2.24) is 0 Å². The van der Waals surface area contributed by atoms with E-state index in [1.165, 1.54) is 6.07 Å². The maximum absolute atomic E-state index is 12.3. The van der Waals surface area contributed by atoms with Crippen molar-refractivity contribution < 1.29 is 8.42 Å². The topological polar surface area (TPSA) is 72.2 Å². The SMILES string of the molecule is Cc1ccc(Br)cc1NS(=O)(=O)c1ccc(C(N)=S)s1. The molecule has 20 heavy (non-hydrogen) atoms. The first kappa shape index (κ1) is 15.4. The van der Waals surface area contributed by atoms with Gasteiger partial charge in [-0.2, -0.15) is 0 Å². The fourth-order valence-corrected chi connectivity index (χ4v) is 4.33. The molecule has 0 unspecified atom stereocenters. The van der Waals surface area contributed by atoms with Crippen LogP contribution < -0.4 is 10.5 Å². The normalized spacial score (nSPS) is 11.3. The molecule has 1 heterocycles.